The number of aliphatic imine (C=N–C) groups is 1. The topological polar surface area (TPSA) is 84.3 Å². The van der Waals surface area contributed by atoms with Crippen molar-refractivity contribution in [2.24, 2.45) is 4.99 Å². The minimum absolute atomic E-state index is 0. The van der Waals surface area contributed by atoms with Gasteiger partial charge < -0.3 is 30.0 Å². The second-order valence-electron chi connectivity index (χ2n) is 6.31. The Morgan fingerprint density at radius 3 is 2.50 bits per heavy atom. The van der Waals surface area contributed by atoms with Crippen LogP contribution in [0.25, 0.3) is 0 Å². The van der Waals surface area contributed by atoms with Crippen molar-refractivity contribution in [3.05, 3.63) is 59.7 Å². The lowest BCUT2D eigenvalue weighted by Crippen LogP contribution is -2.39. The van der Waals surface area contributed by atoms with Gasteiger partial charge >= 0.3 is 0 Å². The van der Waals surface area contributed by atoms with Gasteiger partial charge in [-0.1, -0.05) is 30.3 Å². The number of guanidine groups is 1. The number of aliphatic hydroxyl groups is 1. The fourth-order valence-electron chi connectivity index (χ4n) is 2.72. The van der Waals surface area contributed by atoms with E-state index >= 15 is 0 Å². The highest BCUT2D eigenvalue weighted by molar-refractivity contribution is 14.0. The van der Waals surface area contributed by atoms with Gasteiger partial charge in [-0.05, 0) is 30.7 Å². The Bertz CT molecular complexity index is 759. The van der Waals surface area contributed by atoms with Crippen molar-refractivity contribution in [1.29, 1.82) is 0 Å². The van der Waals surface area contributed by atoms with Crippen LogP contribution in [0.1, 0.15) is 24.2 Å². The van der Waals surface area contributed by atoms with E-state index in [4.69, 9.17) is 14.2 Å². The third-order valence-electron chi connectivity index (χ3n) is 4.21. The zero-order chi connectivity index (χ0) is 20.9. The zero-order valence-electron chi connectivity index (χ0n) is 17.8. The van der Waals surface area contributed by atoms with E-state index < -0.39 is 6.10 Å². The summed E-state index contributed by atoms with van der Waals surface area (Å²) in [5, 5.41) is 17.0. The number of methoxy groups -OCH3 is 2. The molecular formula is C22H32IN3O4. The Balaban J connectivity index is 0.00000450. The third kappa shape index (κ3) is 8.76. The van der Waals surface area contributed by atoms with Crippen LogP contribution in [0.3, 0.4) is 0 Å². The molecule has 0 aromatic heterocycles. The molecule has 1 unspecified atom stereocenters. The molecule has 0 aliphatic heterocycles. The number of halogens is 1. The number of hydrogen-bond acceptors (Lipinski definition) is 5. The van der Waals surface area contributed by atoms with Crippen LogP contribution in [0.4, 0.5) is 0 Å². The summed E-state index contributed by atoms with van der Waals surface area (Å²) in [6.45, 7) is 4.62. The van der Waals surface area contributed by atoms with Crippen molar-refractivity contribution in [2.75, 3.05) is 40.5 Å². The van der Waals surface area contributed by atoms with Gasteiger partial charge in [0, 0.05) is 18.7 Å². The second kappa shape index (κ2) is 14.9. The number of nitrogens with zero attached hydrogens (tertiary/aromatic N) is 1. The number of aliphatic hydroxyl groups excluding tert-OH is 1. The number of nitrogens with one attached hydrogen (secondary N) is 2. The summed E-state index contributed by atoms with van der Waals surface area (Å²) in [6.07, 6.45) is -0.815. The van der Waals surface area contributed by atoms with Crippen LogP contribution in [0.5, 0.6) is 11.5 Å². The van der Waals surface area contributed by atoms with E-state index in [0.29, 0.717) is 42.8 Å². The van der Waals surface area contributed by atoms with Crippen molar-refractivity contribution >= 4 is 29.9 Å². The fraction of sp³-hybridized carbons (Fsp3) is 0.409. The van der Waals surface area contributed by atoms with Crippen LogP contribution in [0.2, 0.25) is 0 Å². The van der Waals surface area contributed by atoms with Crippen molar-refractivity contribution in [2.45, 2.75) is 19.6 Å². The maximum Gasteiger partial charge on any atom is 0.191 e. The predicted molar refractivity (Wildman–Crippen MR) is 130 cm³/mol. The van der Waals surface area contributed by atoms with Gasteiger partial charge in [0.2, 0.25) is 0 Å². The number of benzene rings is 2. The van der Waals surface area contributed by atoms with Gasteiger partial charge in [0.15, 0.2) is 5.96 Å². The number of rotatable bonds is 11. The van der Waals surface area contributed by atoms with Crippen LogP contribution in [-0.2, 0) is 11.3 Å². The molecule has 0 spiro atoms. The second-order valence-corrected chi connectivity index (χ2v) is 6.31. The Morgan fingerprint density at radius 1 is 1.07 bits per heavy atom. The van der Waals surface area contributed by atoms with Gasteiger partial charge in [0.25, 0.3) is 0 Å². The van der Waals surface area contributed by atoms with E-state index in [2.05, 4.69) is 15.6 Å². The molecule has 0 radical (unpaired) electrons. The molecule has 0 amide bonds. The van der Waals surface area contributed by atoms with Gasteiger partial charge in [0.1, 0.15) is 17.6 Å². The standard InChI is InChI=1S/C22H31N3O4.HI/c1-4-23-22(24-12-13-29-16-17-8-6-5-7-9-17)25-15-20(26)19-14-18(27-2)10-11-21(19)28-3;/h5-11,14,20,26H,4,12-13,15-16H2,1-3H3,(H2,23,24,25);1H. The van der Waals surface area contributed by atoms with Crippen LogP contribution < -0.4 is 20.1 Å². The van der Waals surface area contributed by atoms with Crippen molar-refractivity contribution in [3.8, 4) is 11.5 Å². The van der Waals surface area contributed by atoms with Crippen molar-refractivity contribution in [3.63, 3.8) is 0 Å². The first kappa shape index (κ1) is 26.0. The molecule has 0 aliphatic rings. The van der Waals surface area contributed by atoms with Gasteiger partial charge in [-0.3, -0.25) is 4.99 Å². The molecule has 7 nitrogen and oxygen atoms in total. The SMILES string of the molecule is CCNC(=NCC(O)c1cc(OC)ccc1OC)NCCOCc1ccccc1.I. The monoisotopic (exact) mass is 529 g/mol. The molecule has 3 N–H and O–H groups in total. The summed E-state index contributed by atoms with van der Waals surface area (Å²) in [6, 6.07) is 15.4. The maximum absolute atomic E-state index is 10.6. The number of ether oxygens (including phenoxy) is 3. The highest BCUT2D eigenvalue weighted by Gasteiger charge is 2.14. The largest absolute Gasteiger partial charge is 0.497 e. The molecule has 8 heteroatoms. The van der Waals surface area contributed by atoms with Gasteiger partial charge in [0.05, 0.1) is 34.0 Å². The highest BCUT2D eigenvalue weighted by Crippen LogP contribution is 2.29. The van der Waals surface area contributed by atoms with E-state index in [1.54, 1.807) is 32.4 Å². The normalized spacial score (nSPS) is 11.9. The van der Waals surface area contributed by atoms with Crippen molar-refractivity contribution in [1.82, 2.24) is 10.6 Å². The molecule has 0 fully saturated rings. The molecule has 2 aromatic carbocycles. The molecule has 2 rings (SSSR count). The Labute approximate surface area is 195 Å². The van der Waals surface area contributed by atoms with Crippen LogP contribution >= 0.6 is 24.0 Å². The molecule has 0 aliphatic carbocycles. The lowest BCUT2D eigenvalue weighted by atomic mass is 10.1. The van der Waals surface area contributed by atoms with Crippen LogP contribution in [0, 0.1) is 0 Å². The first-order chi connectivity index (χ1) is 14.2. The molecule has 1 atom stereocenters. The van der Waals surface area contributed by atoms with E-state index in [1.807, 2.05) is 37.3 Å². The predicted octanol–water partition coefficient (Wildman–Crippen LogP) is 3.13. The minimum Gasteiger partial charge on any atom is -0.497 e. The lowest BCUT2D eigenvalue weighted by molar-refractivity contribution is 0.125. The van der Waals surface area contributed by atoms with Crippen LogP contribution in [0.15, 0.2) is 53.5 Å². The van der Waals surface area contributed by atoms with Gasteiger partial charge in [-0.15, -0.1) is 24.0 Å². The minimum atomic E-state index is -0.815. The molecule has 166 valence electrons. The highest BCUT2D eigenvalue weighted by atomic mass is 127. The van der Waals surface area contributed by atoms with E-state index in [9.17, 15) is 5.11 Å². The molecule has 30 heavy (non-hydrogen) atoms. The Morgan fingerprint density at radius 2 is 1.83 bits per heavy atom. The summed E-state index contributed by atoms with van der Waals surface area (Å²) in [5.74, 6) is 1.88. The summed E-state index contributed by atoms with van der Waals surface area (Å²) in [4.78, 5) is 4.47. The fourth-order valence-corrected chi connectivity index (χ4v) is 2.72. The summed E-state index contributed by atoms with van der Waals surface area (Å²) >= 11 is 0. The van der Waals surface area contributed by atoms with E-state index in [0.717, 1.165) is 12.1 Å². The maximum atomic E-state index is 10.6. The lowest BCUT2D eigenvalue weighted by Gasteiger charge is -2.16. The van der Waals surface area contributed by atoms with Crippen LogP contribution in [-0.4, -0.2) is 51.5 Å². The molecule has 0 saturated heterocycles. The molecule has 0 heterocycles. The smallest absolute Gasteiger partial charge is 0.191 e. The summed E-state index contributed by atoms with van der Waals surface area (Å²) < 4.78 is 16.2. The van der Waals surface area contributed by atoms with E-state index in [1.165, 1.54) is 0 Å². The zero-order valence-corrected chi connectivity index (χ0v) is 20.1. The molecular weight excluding hydrogens is 497 g/mol. The average Bonchev–Trinajstić information content (AvgIpc) is 2.77. The van der Waals surface area contributed by atoms with Gasteiger partial charge in [-0.25, -0.2) is 0 Å². The first-order valence-electron chi connectivity index (χ1n) is 9.71. The molecule has 2 aromatic rings. The van der Waals surface area contributed by atoms with Crippen molar-refractivity contribution < 1.29 is 19.3 Å². The van der Waals surface area contributed by atoms with E-state index in [-0.39, 0.29) is 30.5 Å². The first-order valence-corrected chi connectivity index (χ1v) is 9.71. The third-order valence-corrected chi connectivity index (χ3v) is 4.21. The Hall–Kier alpha value is -2.04. The Kier molecular flexibility index (Phi) is 12.9. The summed E-state index contributed by atoms with van der Waals surface area (Å²) in [7, 11) is 3.16. The number of hydrogen-bond donors (Lipinski definition) is 3. The van der Waals surface area contributed by atoms with Gasteiger partial charge in [-0.2, -0.15) is 0 Å². The average molecular weight is 529 g/mol. The summed E-state index contributed by atoms with van der Waals surface area (Å²) in [5.41, 5.74) is 1.78. The molecule has 0 bridgehead atoms. The molecule has 0 saturated carbocycles. The quantitative estimate of drug-likeness (QED) is 0.180.